The van der Waals surface area contributed by atoms with Gasteiger partial charge in [0.15, 0.2) is 0 Å². The van der Waals surface area contributed by atoms with Crippen LogP contribution in [-0.2, 0) is 0 Å². The van der Waals surface area contributed by atoms with Gasteiger partial charge in [0.2, 0.25) is 0 Å². The lowest BCUT2D eigenvalue weighted by Crippen LogP contribution is -2.17. The Morgan fingerprint density at radius 3 is 2.78 bits per heavy atom. The van der Waals surface area contributed by atoms with Gasteiger partial charge in [0.25, 0.3) is 5.91 Å². The number of rotatable bonds is 4. The summed E-state index contributed by atoms with van der Waals surface area (Å²) in [5.41, 5.74) is 3.78. The van der Waals surface area contributed by atoms with Crippen molar-refractivity contribution in [2.75, 3.05) is 7.11 Å². The zero-order chi connectivity index (χ0) is 16.2. The maximum absolute atomic E-state index is 12.0. The lowest BCUT2D eigenvalue weighted by molar-refractivity contribution is 0.0953. The van der Waals surface area contributed by atoms with Crippen LogP contribution in [0.5, 0.6) is 5.75 Å². The maximum atomic E-state index is 12.0. The SMILES string of the molecule is COc1ccc2ccccc2c1C=NNC(=O)c1ccoc1C. The van der Waals surface area contributed by atoms with E-state index in [2.05, 4.69) is 10.5 Å². The van der Waals surface area contributed by atoms with Crippen LogP contribution in [0.25, 0.3) is 10.8 Å². The van der Waals surface area contributed by atoms with E-state index in [1.165, 1.54) is 6.26 Å². The molecule has 3 aromatic rings. The van der Waals surface area contributed by atoms with Crippen LogP contribution in [0.4, 0.5) is 0 Å². The van der Waals surface area contributed by atoms with Gasteiger partial charge in [-0.1, -0.05) is 30.3 Å². The first-order chi connectivity index (χ1) is 11.2. The summed E-state index contributed by atoms with van der Waals surface area (Å²) in [7, 11) is 1.61. The highest BCUT2D eigenvalue weighted by Gasteiger charge is 2.10. The Kier molecular flexibility index (Phi) is 4.10. The first-order valence-corrected chi connectivity index (χ1v) is 7.14. The standard InChI is InChI=1S/C18H16N2O3/c1-12-14(9-10-23-12)18(21)20-19-11-16-15-6-4-3-5-13(15)7-8-17(16)22-2/h3-11H,1-2H3,(H,20,21). The first kappa shape index (κ1) is 14.8. The number of hydrazone groups is 1. The number of carbonyl (C=O) groups is 1. The second-order valence-corrected chi connectivity index (χ2v) is 4.99. The predicted molar refractivity (Wildman–Crippen MR) is 89.0 cm³/mol. The summed E-state index contributed by atoms with van der Waals surface area (Å²) in [6.07, 6.45) is 3.07. The topological polar surface area (TPSA) is 63.8 Å². The molecule has 0 saturated carbocycles. The fourth-order valence-electron chi connectivity index (χ4n) is 2.42. The van der Waals surface area contributed by atoms with Crippen LogP contribution in [0, 0.1) is 6.92 Å². The number of ether oxygens (including phenoxy) is 1. The lowest BCUT2D eigenvalue weighted by Gasteiger charge is -2.08. The molecule has 0 unspecified atom stereocenters. The zero-order valence-electron chi connectivity index (χ0n) is 12.9. The number of methoxy groups -OCH3 is 1. The van der Waals surface area contributed by atoms with E-state index in [9.17, 15) is 4.79 Å². The van der Waals surface area contributed by atoms with E-state index < -0.39 is 0 Å². The van der Waals surface area contributed by atoms with Gasteiger partial charge in [-0.25, -0.2) is 5.43 Å². The summed E-state index contributed by atoms with van der Waals surface area (Å²) in [5.74, 6) is 0.938. The minimum atomic E-state index is -0.313. The second kappa shape index (κ2) is 6.36. The van der Waals surface area contributed by atoms with E-state index >= 15 is 0 Å². The van der Waals surface area contributed by atoms with Crippen molar-refractivity contribution in [1.82, 2.24) is 5.43 Å². The van der Waals surface area contributed by atoms with Gasteiger partial charge in [-0.15, -0.1) is 0 Å². The number of benzene rings is 2. The number of hydrogen-bond donors (Lipinski definition) is 1. The zero-order valence-corrected chi connectivity index (χ0v) is 12.9. The number of hydrogen-bond acceptors (Lipinski definition) is 4. The smallest absolute Gasteiger partial charge is 0.274 e. The average Bonchev–Trinajstić information content (AvgIpc) is 3.01. The molecule has 0 atom stereocenters. The molecule has 0 fully saturated rings. The third-order valence-electron chi connectivity index (χ3n) is 3.61. The van der Waals surface area contributed by atoms with E-state index in [1.807, 2.05) is 36.4 Å². The molecule has 1 heterocycles. The van der Waals surface area contributed by atoms with Crippen LogP contribution in [0.3, 0.4) is 0 Å². The van der Waals surface area contributed by atoms with Crippen LogP contribution in [0.1, 0.15) is 21.7 Å². The van der Waals surface area contributed by atoms with E-state index in [4.69, 9.17) is 9.15 Å². The molecule has 3 rings (SSSR count). The molecule has 1 amide bonds. The minimum absolute atomic E-state index is 0.313. The molecular weight excluding hydrogens is 292 g/mol. The molecule has 0 aliphatic carbocycles. The van der Waals surface area contributed by atoms with Crippen molar-refractivity contribution in [3.05, 3.63) is 65.6 Å². The minimum Gasteiger partial charge on any atom is -0.496 e. The molecule has 0 radical (unpaired) electrons. The van der Waals surface area contributed by atoms with Crippen molar-refractivity contribution in [3.8, 4) is 5.75 Å². The van der Waals surface area contributed by atoms with Crippen molar-refractivity contribution < 1.29 is 13.9 Å². The quantitative estimate of drug-likeness (QED) is 0.592. The number of aryl methyl sites for hydroxylation is 1. The van der Waals surface area contributed by atoms with E-state index in [1.54, 1.807) is 26.3 Å². The summed E-state index contributed by atoms with van der Waals surface area (Å²) >= 11 is 0. The van der Waals surface area contributed by atoms with Crippen LogP contribution < -0.4 is 10.2 Å². The van der Waals surface area contributed by atoms with Crippen LogP contribution in [0.15, 0.2) is 58.2 Å². The maximum Gasteiger partial charge on any atom is 0.274 e. The highest BCUT2D eigenvalue weighted by molar-refractivity contribution is 6.03. The summed E-state index contributed by atoms with van der Waals surface area (Å²) < 4.78 is 10.5. The van der Waals surface area contributed by atoms with Gasteiger partial charge in [-0.05, 0) is 29.8 Å². The van der Waals surface area contributed by atoms with Gasteiger partial charge in [0.1, 0.15) is 11.5 Å². The van der Waals surface area contributed by atoms with Crippen molar-refractivity contribution in [2.24, 2.45) is 5.10 Å². The van der Waals surface area contributed by atoms with Crippen molar-refractivity contribution >= 4 is 22.9 Å². The van der Waals surface area contributed by atoms with Crippen LogP contribution in [0.2, 0.25) is 0 Å². The Morgan fingerprint density at radius 1 is 1.22 bits per heavy atom. The third kappa shape index (κ3) is 2.94. The predicted octanol–water partition coefficient (Wildman–Crippen LogP) is 3.51. The van der Waals surface area contributed by atoms with E-state index in [0.717, 1.165) is 16.3 Å². The summed E-state index contributed by atoms with van der Waals surface area (Å²) in [6.45, 7) is 1.73. The molecule has 0 aliphatic rings. The normalized spacial score (nSPS) is 11.0. The van der Waals surface area contributed by atoms with Crippen molar-refractivity contribution in [3.63, 3.8) is 0 Å². The number of nitrogens with zero attached hydrogens (tertiary/aromatic N) is 1. The number of furan rings is 1. The molecule has 116 valence electrons. The molecule has 23 heavy (non-hydrogen) atoms. The molecule has 5 heteroatoms. The highest BCUT2D eigenvalue weighted by atomic mass is 16.5. The van der Waals surface area contributed by atoms with Gasteiger partial charge in [0, 0.05) is 5.56 Å². The molecule has 1 N–H and O–H groups in total. The number of amides is 1. The first-order valence-electron chi connectivity index (χ1n) is 7.14. The molecular formula is C18H16N2O3. The van der Waals surface area contributed by atoms with Gasteiger partial charge in [0.05, 0.1) is 25.2 Å². The third-order valence-corrected chi connectivity index (χ3v) is 3.61. The monoisotopic (exact) mass is 308 g/mol. The number of nitrogens with one attached hydrogen (secondary N) is 1. The Labute approximate surface area is 133 Å². The lowest BCUT2D eigenvalue weighted by atomic mass is 10.0. The molecule has 0 spiro atoms. The van der Waals surface area contributed by atoms with Gasteiger partial charge in [-0.3, -0.25) is 4.79 Å². The van der Waals surface area contributed by atoms with Crippen molar-refractivity contribution in [1.29, 1.82) is 0 Å². The Balaban J connectivity index is 1.89. The fraction of sp³-hybridized carbons (Fsp3) is 0.111. The average molecular weight is 308 g/mol. The second-order valence-electron chi connectivity index (χ2n) is 4.99. The van der Waals surface area contributed by atoms with E-state index in [-0.39, 0.29) is 5.91 Å². The van der Waals surface area contributed by atoms with Gasteiger partial charge < -0.3 is 9.15 Å². The summed E-state index contributed by atoms with van der Waals surface area (Å²) in [4.78, 5) is 12.0. The number of fused-ring (bicyclic) bond motifs is 1. The summed E-state index contributed by atoms with van der Waals surface area (Å²) in [6, 6.07) is 13.4. The van der Waals surface area contributed by atoms with Gasteiger partial charge in [-0.2, -0.15) is 5.10 Å². The molecule has 1 aromatic heterocycles. The summed E-state index contributed by atoms with van der Waals surface area (Å²) in [5, 5.41) is 6.13. The Morgan fingerprint density at radius 2 is 2.04 bits per heavy atom. The molecule has 0 bridgehead atoms. The number of carbonyl (C=O) groups excluding carboxylic acids is 1. The molecule has 5 nitrogen and oxygen atoms in total. The van der Waals surface area contributed by atoms with Gasteiger partial charge >= 0.3 is 0 Å². The van der Waals surface area contributed by atoms with Crippen LogP contribution >= 0.6 is 0 Å². The molecule has 2 aromatic carbocycles. The Hall–Kier alpha value is -3.08. The largest absolute Gasteiger partial charge is 0.496 e. The molecule has 0 saturated heterocycles. The fourth-order valence-corrected chi connectivity index (χ4v) is 2.42. The van der Waals surface area contributed by atoms with Crippen LogP contribution in [-0.4, -0.2) is 19.2 Å². The highest BCUT2D eigenvalue weighted by Crippen LogP contribution is 2.26. The van der Waals surface area contributed by atoms with E-state index in [0.29, 0.717) is 17.1 Å². The Bertz CT molecular complexity index is 881. The molecule has 0 aliphatic heterocycles. The van der Waals surface area contributed by atoms with Crippen molar-refractivity contribution in [2.45, 2.75) is 6.92 Å².